The molecule has 0 spiro atoms. The van der Waals surface area contributed by atoms with Crippen LogP contribution in [-0.4, -0.2) is 0 Å². The van der Waals surface area contributed by atoms with E-state index in [-0.39, 0.29) is 0 Å². The monoisotopic (exact) mass is 406 g/mol. The van der Waals surface area contributed by atoms with Crippen molar-refractivity contribution in [3.63, 3.8) is 0 Å². The molecule has 0 radical (unpaired) electrons. The second kappa shape index (κ2) is 12.9. The number of hydrogen-bond donors (Lipinski definition) is 0. The van der Waals surface area contributed by atoms with Crippen LogP contribution in [-0.2, 0) is 19.4 Å². The molecule has 2 aromatic carbocycles. The average molecular weight is 407 g/mol. The minimum Gasteiger partial charge on any atom is -0.176 e. The van der Waals surface area contributed by atoms with Gasteiger partial charge in [0.25, 0.3) is 0 Å². The van der Waals surface area contributed by atoms with Gasteiger partial charge in [-0.3, -0.25) is 0 Å². The summed E-state index contributed by atoms with van der Waals surface area (Å²) in [6.45, 7) is 0. The van der Waals surface area contributed by atoms with Crippen molar-refractivity contribution in [3.05, 3.63) is 48.5 Å². The number of halogens is 1. The Bertz CT molecular complexity index is 638. The predicted octanol–water partition coefficient (Wildman–Crippen LogP) is 8.44. The van der Waals surface area contributed by atoms with Crippen LogP contribution in [0.5, 0.6) is 0 Å². The van der Waals surface area contributed by atoms with Crippen LogP contribution in [0, 0.1) is 6.07 Å². The van der Waals surface area contributed by atoms with Gasteiger partial charge < -0.3 is 0 Å². The zero-order valence-electron chi connectivity index (χ0n) is 14.9. The molecular weight excluding hydrogens is 380 g/mol. The first kappa shape index (κ1) is 21.0. The van der Waals surface area contributed by atoms with Crippen LogP contribution in [0.15, 0.2) is 42.5 Å². The second-order valence-corrected chi connectivity index (χ2v) is 7.60. The van der Waals surface area contributed by atoms with Crippen molar-refractivity contribution < 1.29 is 19.4 Å². The van der Waals surface area contributed by atoms with Crippen molar-refractivity contribution in [2.24, 2.45) is 0 Å². The summed E-state index contributed by atoms with van der Waals surface area (Å²) in [6, 6.07) is 17.9. The van der Waals surface area contributed by atoms with Gasteiger partial charge in [-0.2, -0.15) is 35.6 Å². The Hall–Kier alpha value is -0.336. The molecule has 2 aliphatic rings. The van der Waals surface area contributed by atoms with Gasteiger partial charge >= 0.3 is 28.7 Å². The molecule has 5 rings (SSSR count). The SMILES string of the molecule is C1CCCC1.C1CCCC1.[Cl][Ti+3].[c-]1cccc2c1sc1ccccc12. The van der Waals surface area contributed by atoms with Gasteiger partial charge in [-0.1, -0.05) is 92.5 Å². The van der Waals surface area contributed by atoms with Crippen LogP contribution >= 0.6 is 20.6 Å². The maximum Gasteiger partial charge on any atom is 0.0211 e. The molecule has 1 aromatic heterocycles. The molecule has 0 N–H and O–H groups in total. The Kier molecular flexibility index (Phi) is 10.8. The first-order valence-electron chi connectivity index (χ1n) is 9.42. The molecule has 3 aromatic rings. The fraction of sp³-hybridized carbons (Fsp3) is 0.455. The van der Waals surface area contributed by atoms with Gasteiger partial charge in [-0.15, -0.1) is 5.39 Å². The smallest absolute Gasteiger partial charge is 0.0211 e. The molecular formula is C22H27ClSTi+2. The van der Waals surface area contributed by atoms with Crippen LogP contribution in [0.1, 0.15) is 64.2 Å². The normalized spacial score (nSPS) is 15.6. The maximum atomic E-state index is 4.64. The molecule has 0 aliphatic heterocycles. The Morgan fingerprint density at radius 2 is 1.16 bits per heavy atom. The molecule has 2 aliphatic carbocycles. The summed E-state index contributed by atoms with van der Waals surface area (Å²) in [7, 11) is 4.64. The van der Waals surface area contributed by atoms with Crippen LogP contribution in [0.4, 0.5) is 0 Å². The first-order chi connectivity index (χ1) is 12.4. The average Bonchev–Trinajstić information content (AvgIpc) is 3.47. The molecule has 2 fully saturated rings. The van der Waals surface area contributed by atoms with E-state index in [2.05, 4.69) is 45.7 Å². The summed E-state index contributed by atoms with van der Waals surface area (Å²) >= 11 is 3.28. The number of fused-ring (bicyclic) bond motifs is 3. The van der Waals surface area contributed by atoms with Crippen LogP contribution in [0.2, 0.25) is 0 Å². The van der Waals surface area contributed by atoms with E-state index in [0.717, 1.165) is 0 Å². The summed E-state index contributed by atoms with van der Waals surface area (Å²) < 4.78 is 2.60. The van der Waals surface area contributed by atoms with Crippen molar-refractivity contribution in [2.75, 3.05) is 0 Å². The second-order valence-electron chi connectivity index (χ2n) is 6.55. The van der Waals surface area contributed by atoms with E-state index >= 15 is 0 Å². The first-order valence-corrected chi connectivity index (χ1v) is 12.4. The molecule has 0 bridgehead atoms. The van der Waals surface area contributed by atoms with E-state index < -0.39 is 0 Å². The molecule has 0 nitrogen and oxygen atoms in total. The molecule has 2 saturated carbocycles. The van der Waals surface area contributed by atoms with Gasteiger partial charge in [-0.05, 0) is 6.07 Å². The number of hydrogen-bond acceptors (Lipinski definition) is 1. The summed E-state index contributed by atoms with van der Waals surface area (Å²) in [4.78, 5) is 0. The quantitative estimate of drug-likeness (QED) is 0.259. The Labute approximate surface area is 172 Å². The van der Waals surface area contributed by atoms with Crippen molar-refractivity contribution in [2.45, 2.75) is 64.2 Å². The Morgan fingerprint density at radius 3 is 1.72 bits per heavy atom. The zero-order valence-corrected chi connectivity index (χ0v) is 18.0. The van der Waals surface area contributed by atoms with Gasteiger partial charge in [0.1, 0.15) is 0 Å². The van der Waals surface area contributed by atoms with Crippen LogP contribution < -0.4 is 0 Å². The molecule has 3 heteroatoms. The van der Waals surface area contributed by atoms with Gasteiger partial charge in [0, 0.05) is 4.70 Å². The summed E-state index contributed by atoms with van der Waals surface area (Å²) in [6.07, 6.45) is 15.0. The van der Waals surface area contributed by atoms with Gasteiger partial charge in [0.15, 0.2) is 0 Å². The molecule has 0 atom stereocenters. The van der Waals surface area contributed by atoms with E-state index in [9.17, 15) is 0 Å². The van der Waals surface area contributed by atoms with Gasteiger partial charge in [-0.25, -0.2) is 0 Å². The molecule has 130 valence electrons. The molecule has 25 heavy (non-hydrogen) atoms. The van der Waals surface area contributed by atoms with Crippen LogP contribution in [0.3, 0.4) is 0 Å². The topological polar surface area (TPSA) is 0 Å². The third kappa shape index (κ3) is 7.06. The summed E-state index contributed by atoms with van der Waals surface area (Å²) in [5, 5.41) is 2.67. The molecule has 0 saturated heterocycles. The van der Waals surface area contributed by atoms with E-state index in [1.165, 1.54) is 104 Å². The standard InChI is InChI=1S/C12H7S.2C5H10.ClH.Ti/c1-3-7-11-9(5-1)10-6-2-4-8-12(10)13-11;2*1-2-4-5-3-1;;/h1-7H;2*1-5H2;1H;/q-1;;;;+4/p-1. The predicted molar refractivity (Wildman–Crippen MR) is 110 cm³/mol. The largest absolute Gasteiger partial charge is 0.176 e. The van der Waals surface area contributed by atoms with Crippen LogP contribution in [0.25, 0.3) is 20.2 Å². The van der Waals surface area contributed by atoms with Gasteiger partial charge in [0.2, 0.25) is 0 Å². The van der Waals surface area contributed by atoms with Gasteiger partial charge in [0.05, 0.1) is 0 Å². The number of thiophene rings is 1. The Balaban J connectivity index is 0.000000155. The van der Waals surface area contributed by atoms with Crippen molar-refractivity contribution in [3.8, 4) is 0 Å². The minimum absolute atomic E-state index is 1.25. The van der Waals surface area contributed by atoms with Crippen molar-refractivity contribution in [1.29, 1.82) is 0 Å². The summed E-state index contributed by atoms with van der Waals surface area (Å²) in [5.74, 6) is 0. The van der Waals surface area contributed by atoms with Crippen molar-refractivity contribution in [1.82, 2.24) is 0 Å². The maximum absolute atomic E-state index is 4.64. The number of benzene rings is 2. The molecule has 1 heterocycles. The molecule has 0 amide bonds. The third-order valence-corrected chi connectivity index (χ3v) is 5.83. The van der Waals surface area contributed by atoms with E-state index in [0.29, 0.717) is 0 Å². The van der Waals surface area contributed by atoms with E-state index in [1.54, 1.807) is 11.3 Å². The van der Waals surface area contributed by atoms with E-state index in [4.69, 9.17) is 0 Å². The number of rotatable bonds is 0. The van der Waals surface area contributed by atoms with Crippen molar-refractivity contribution >= 4 is 40.8 Å². The fourth-order valence-corrected chi connectivity index (χ4v) is 4.44. The minimum atomic E-state index is 1.25. The zero-order chi connectivity index (χ0) is 17.7. The fourth-order valence-electron chi connectivity index (χ4n) is 3.37. The molecule has 0 unspecified atom stereocenters. The Morgan fingerprint density at radius 1 is 0.680 bits per heavy atom. The third-order valence-electron chi connectivity index (χ3n) is 4.71. The van der Waals surface area contributed by atoms with E-state index in [1.807, 2.05) is 12.1 Å². The summed E-state index contributed by atoms with van der Waals surface area (Å²) in [5.41, 5.74) is 0.